The molecule has 1 N–H and O–H groups in total. The summed E-state index contributed by atoms with van der Waals surface area (Å²) in [6, 6.07) is 0. The van der Waals surface area contributed by atoms with Crippen LogP contribution in [0.5, 0.6) is 0 Å². The molecule has 5 aliphatic rings. The van der Waals surface area contributed by atoms with Crippen LogP contribution in [0.15, 0.2) is 0 Å². The summed E-state index contributed by atoms with van der Waals surface area (Å²) in [5, 5.41) is 9.69. The highest BCUT2D eigenvalue weighted by Crippen LogP contribution is 2.55. The van der Waals surface area contributed by atoms with Crippen molar-refractivity contribution < 1.29 is 24.2 Å². The van der Waals surface area contributed by atoms with E-state index >= 15 is 0 Å². The number of carbonyl (C=O) groups excluding carboxylic acids is 1. The monoisotopic (exact) mass is 378 g/mol. The van der Waals surface area contributed by atoms with E-state index in [1.54, 1.807) is 0 Å². The lowest BCUT2D eigenvalue weighted by molar-refractivity contribution is -0.256. The van der Waals surface area contributed by atoms with E-state index in [4.69, 9.17) is 9.47 Å². The van der Waals surface area contributed by atoms with Gasteiger partial charge in [0.25, 0.3) is 0 Å². The molecule has 0 aromatic carbocycles. The van der Waals surface area contributed by atoms with Crippen molar-refractivity contribution in [3.8, 4) is 0 Å². The van der Waals surface area contributed by atoms with E-state index < -0.39 is 23.6 Å². The summed E-state index contributed by atoms with van der Waals surface area (Å²) >= 11 is 0. The average molecular weight is 379 g/mol. The number of ether oxygens (including phenoxy) is 2. The maximum absolute atomic E-state index is 12.9. The van der Waals surface area contributed by atoms with Gasteiger partial charge in [0.1, 0.15) is 0 Å². The molecule has 5 nitrogen and oxygen atoms in total. The van der Waals surface area contributed by atoms with Crippen LogP contribution in [0.3, 0.4) is 0 Å². The summed E-state index contributed by atoms with van der Waals surface area (Å²) in [4.78, 5) is 24.8. The standard InChI is InChI=1S/C22H34O5/c1-21(2,3)20(27-19(25)22(18(23)24)6-4-5-7-22)26-17-15-9-13-8-14(11-15)12-16(17)10-13/h13-17,20H,4-12H2,1-3H3,(H,23,24). The van der Waals surface area contributed by atoms with Gasteiger partial charge in [-0.3, -0.25) is 9.59 Å². The Hall–Kier alpha value is -1.10. The Labute approximate surface area is 162 Å². The Morgan fingerprint density at radius 2 is 1.48 bits per heavy atom. The molecule has 0 saturated heterocycles. The second-order valence-corrected chi connectivity index (χ2v) is 10.7. The zero-order valence-corrected chi connectivity index (χ0v) is 16.9. The summed E-state index contributed by atoms with van der Waals surface area (Å²) in [6.07, 6.45) is 8.07. The van der Waals surface area contributed by atoms with Gasteiger partial charge in [-0.2, -0.15) is 0 Å². The molecule has 0 amide bonds. The summed E-state index contributed by atoms with van der Waals surface area (Å²) in [6.45, 7) is 6.01. The normalized spacial score (nSPS) is 38.0. The van der Waals surface area contributed by atoms with Crippen LogP contribution in [0.25, 0.3) is 0 Å². The van der Waals surface area contributed by atoms with Crippen molar-refractivity contribution in [3.63, 3.8) is 0 Å². The number of rotatable bonds is 5. The van der Waals surface area contributed by atoms with Gasteiger partial charge in [-0.25, -0.2) is 0 Å². The Kier molecular flexibility index (Phi) is 4.81. The Morgan fingerprint density at radius 1 is 0.963 bits per heavy atom. The first-order valence-electron chi connectivity index (χ1n) is 10.8. The molecule has 5 heteroatoms. The molecule has 1 atom stereocenters. The molecule has 0 aromatic heterocycles. The van der Waals surface area contributed by atoms with Crippen LogP contribution in [0, 0.1) is 34.5 Å². The maximum atomic E-state index is 12.9. The number of carbonyl (C=O) groups is 2. The van der Waals surface area contributed by atoms with Crippen LogP contribution in [0.4, 0.5) is 0 Å². The van der Waals surface area contributed by atoms with Gasteiger partial charge in [0, 0.05) is 5.41 Å². The minimum Gasteiger partial charge on any atom is -0.480 e. The van der Waals surface area contributed by atoms with Crippen LogP contribution in [-0.2, 0) is 19.1 Å². The lowest BCUT2D eigenvalue weighted by Gasteiger charge is -2.55. The SMILES string of the molecule is CC(C)(C)C(OC(=O)C1(C(=O)O)CCCC1)OC1C2CC3CC(C2)CC1C3. The zero-order chi connectivity index (χ0) is 19.4. The third kappa shape index (κ3) is 3.41. The van der Waals surface area contributed by atoms with E-state index in [0.717, 1.165) is 24.7 Å². The van der Waals surface area contributed by atoms with E-state index in [0.29, 0.717) is 24.7 Å². The smallest absolute Gasteiger partial charge is 0.325 e. The molecule has 5 aliphatic carbocycles. The molecule has 0 heterocycles. The van der Waals surface area contributed by atoms with Crippen LogP contribution in [0.2, 0.25) is 0 Å². The van der Waals surface area contributed by atoms with Crippen molar-refractivity contribution in [1.82, 2.24) is 0 Å². The van der Waals surface area contributed by atoms with Gasteiger partial charge in [-0.15, -0.1) is 0 Å². The highest BCUT2D eigenvalue weighted by molar-refractivity contribution is 5.99. The fourth-order valence-electron chi connectivity index (χ4n) is 6.34. The summed E-state index contributed by atoms with van der Waals surface area (Å²) < 4.78 is 12.3. The van der Waals surface area contributed by atoms with Crippen molar-refractivity contribution in [2.75, 3.05) is 0 Å². The van der Waals surface area contributed by atoms with Gasteiger partial charge in [0.15, 0.2) is 5.41 Å². The molecule has 1 unspecified atom stereocenters. The molecule has 152 valence electrons. The van der Waals surface area contributed by atoms with Crippen molar-refractivity contribution in [3.05, 3.63) is 0 Å². The molecular weight excluding hydrogens is 344 g/mol. The van der Waals surface area contributed by atoms with Gasteiger partial charge in [-0.05, 0) is 68.6 Å². The quantitative estimate of drug-likeness (QED) is 0.436. The van der Waals surface area contributed by atoms with Crippen molar-refractivity contribution in [2.45, 2.75) is 91.0 Å². The molecule has 0 aliphatic heterocycles. The minimum atomic E-state index is -1.38. The lowest BCUT2D eigenvalue weighted by Crippen LogP contribution is -2.53. The largest absolute Gasteiger partial charge is 0.480 e. The third-order valence-corrected chi connectivity index (χ3v) is 7.60. The van der Waals surface area contributed by atoms with E-state index in [-0.39, 0.29) is 11.5 Å². The fourth-order valence-corrected chi connectivity index (χ4v) is 6.34. The van der Waals surface area contributed by atoms with Gasteiger partial charge in [0.2, 0.25) is 6.29 Å². The highest BCUT2D eigenvalue weighted by Gasteiger charge is 2.53. The van der Waals surface area contributed by atoms with Gasteiger partial charge in [-0.1, -0.05) is 33.6 Å². The zero-order valence-electron chi connectivity index (χ0n) is 16.9. The van der Waals surface area contributed by atoms with Crippen LogP contribution in [0.1, 0.15) is 78.6 Å². The second-order valence-electron chi connectivity index (χ2n) is 10.7. The molecule has 5 rings (SSSR count). The summed E-state index contributed by atoms with van der Waals surface area (Å²) in [5.74, 6) is 1.21. The molecule has 5 saturated carbocycles. The Balaban J connectivity index is 1.49. The predicted molar refractivity (Wildman–Crippen MR) is 99.8 cm³/mol. The average Bonchev–Trinajstić information content (AvgIpc) is 3.06. The first-order valence-corrected chi connectivity index (χ1v) is 10.8. The van der Waals surface area contributed by atoms with Crippen molar-refractivity contribution in [2.24, 2.45) is 34.5 Å². The molecule has 27 heavy (non-hydrogen) atoms. The summed E-state index contributed by atoms with van der Waals surface area (Å²) in [7, 11) is 0. The van der Waals surface area contributed by atoms with E-state index in [9.17, 15) is 14.7 Å². The van der Waals surface area contributed by atoms with Gasteiger partial charge >= 0.3 is 11.9 Å². The molecule has 0 radical (unpaired) electrons. The summed E-state index contributed by atoms with van der Waals surface area (Å²) in [5.41, 5.74) is -1.76. The topological polar surface area (TPSA) is 72.8 Å². The van der Waals surface area contributed by atoms with Gasteiger partial charge in [0.05, 0.1) is 6.10 Å². The first kappa shape index (κ1) is 19.2. The highest BCUT2D eigenvalue weighted by atomic mass is 16.7. The second kappa shape index (κ2) is 6.75. The van der Waals surface area contributed by atoms with Crippen LogP contribution in [-0.4, -0.2) is 29.4 Å². The number of aliphatic carboxylic acids is 1. The molecule has 5 fully saturated rings. The number of carboxylic acid groups (broad SMARTS) is 1. The van der Waals surface area contributed by atoms with Crippen molar-refractivity contribution >= 4 is 11.9 Å². The van der Waals surface area contributed by atoms with Crippen molar-refractivity contribution in [1.29, 1.82) is 0 Å². The Bertz CT molecular complexity index is 570. The maximum Gasteiger partial charge on any atom is 0.325 e. The molecule has 4 bridgehead atoms. The number of hydrogen-bond acceptors (Lipinski definition) is 4. The number of esters is 1. The molecule has 0 spiro atoms. The van der Waals surface area contributed by atoms with Crippen LogP contribution < -0.4 is 0 Å². The third-order valence-electron chi connectivity index (χ3n) is 7.60. The molecular formula is C22H34O5. The van der Waals surface area contributed by atoms with E-state index in [1.807, 2.05) is 20.8 Å². The fraction of sp³-hybridized carbons (Fsp3) is 0.909. The predicted octanol–water partition coefficient (Wildman–Crippen LogP) is 4.39. The van der Waals surface area contributed by atoms with E-state index in [1.165, 1.54) is 32.1 Å². The number of carboxylic acids is 1. The molecule has 0 aromatic rings. The van der Waals surface area contributed by atoms with E-state index in [2.05, 4.69) is 0 Å². The first-order chi connectivity index (χ1) is 12.7. The van der Waals surface area contributed by atoms with Gasteiger partial charge < -0.3 is 14.6 Å². The number of hydrogen-bond donors (Lipinski definition) is 1. The lowest BCUT2D eigenvalue weighted by atomic mass is 9.55. The minimum absolute atomic E-state index is 0.152. The van der Waals surface area contributed by atoms with Crippen LogP contribution >= 0.6 is 0 Å². The Morgan fingerprint density at radius 3 is 1.93 bits per heavy atom.